The molecule has 0 aromatic carbocycles. The minimum Gasteiger partial charge on any atom is -0.395 e. The number of piperidine rings is 1. The van der Waals surface area contributed by atoms with Crippen LogP contribution in [-0.2, 0) is 4.79 Å². The van der Waals surface area contributed by atoms with Gasteiger partial charge in [-0.15, -0.1) is 0 Å². The number of amides is 1. The minimum atomic E-state index is -0.0279. The number of hydrogen-bond donors (Lipinski definition) is 2. The number of pyridine rings is 2. The number of aryl methyl sites for hydroxylation is 2. The van der Waals surface area contributed by atoms with Gasteiger partial charge in [0.2, 0.25) is 5.91 Å². The minimum absolute atomic E-state index is 0.00723. The molecule has 29 heavy (non-hydrogen) atoms. The zero-order chi connectivity index (χ0) is 20.6. The fourth-order valence-corrected chi connectivity index (χ4v) is 4.35. The summed E-state index contributed by atoms with van der Waals surface area (Å²) < 4.78 is 0. The monoisotopic (exact) mass is 396 g/mol. The Morgan fingerprint density at radius 2 is 1.69 bits per heavy atom. The third kappa shape index (κ3) is 5.40. The van der Waals surface area contributed by atoms with Gasteiger partial charge in [0.25, 0.3) is 0 Å². The molecule has 1 aliphatic heterocycles. The molecule has 2 atom stereocenters. The number of likely N-dealkylation sites (tertiary alicyclic amines) is 1. The van der Waals surface area contributed by atoms with E-state index in [1.807, 2.05) is 24.5 Å². The van der Waals surface area contributed by atoms with Crippen LogP contribution >= 0.6 is 0 Å². The summed E-state index contributed by atoms with van der Waals surface area (Å²) in [6.45, 7) is 5.35. The van der Waals surface area contributed by atoms with E-state index >= 15 is 0 Å². The van der Waals surface area contributed by atoms with Crippen molar-refractivity contribution >= 4 is 5.91 Å². The van der Waals surface area contributed by atoms with Crippen LogP contribution in [-0.4, -0.2) is 45.6 Å². The standard InChI is InChI=1S/C23H32N4O2/c1-17-7-4-12-25-22(17)19-9-3-10-20(23-18(2)8-5-13-26-23)27(19)15-6-11-21(29)24-14-16-28/h4-5,7-8,12-13,19-20,28H,3,6,9-11,14-16H2,1-2H3,(H,24,29)/t19-,20+. The van der Waals surface area contributed by atoms with Crippen molar-refractivity contribution in [1.29, 1.82) is 0 Å². The molecule has 1 saturated heterocycles. The zero-order valence-electron chi connectivity index (χ0n) is 17.5. The van der Waals surface area contributed by atoms with E-state index in [4.69, 9.17) is 15.1 Å². The number of rotatable bonds is 8. The number of nitrogens with one attached hydrogen (secondary N) is 1. The molecule has 0 aliphatic carbocycles. The molecule has 2 aromatic rings. The number of carbonyl (C=O) groups is 1. The molecule has 0 spiro atoms. The molecule has 0 radical (unpaired) electrons. The first-order valence-corrected chi connectivity index (χ1v) is 10.6. The average Bonchev–Trinajstić information content (AvgIpc) is 2.73. The maximum absolute atomic E-state index is 12.0. The number of hydrogen-bond acceptors (Lipinski definition) is 5. The Kier molecular flexibility index (Phi) is 7.72. The maximum Gasteiger partial charge on any atom is 0.220 e. The molecule has 6 nitrogen and oxygen atoms in total. The number of carbonyl (C=O) groups excluding carboxylic acids is 1. The largest absolute Gasteiger partial charge is 0.395 e. The summed E-state index contributed by atoms with van der Waals surface area (Å²) in [5.74, 6) is -0.00723. The summed E-state index contributed by atoms with van der Waals surface area (Å²) in [4.78, 5) is 23.9. The fraction of sp³-hybridized carbons (Fsp3) is 0.522. The van der Waals surface area contributed by atoms with Crippen LogP contribution in [0, 0.1) is 13.8 Å². The third-order valence-corrected chi connectivity index (χ3v) is 5.74. The first-order chi connectivity index (χ1) is 14.1. The number of nitrogens with zero attached hydrogens (tertiary/aromatic N) is 3. The Morgan fingerprint density at radius 3 is 2.21 bits per heavy atom. The highest BCUT2D eigenvalue weighted by Crippen LogP contribution is 2.42. The lowest BCUT2D eigenvalue weighted by atomic mass is 9.88. The third-order valence-electron chi connectivity index (χ3n) is 5.74. The average molecular weight is 397 g/mol. The summed E-state index contributed by atoms with van der Waals surface area (Å²) in [6, 6.07) is 8.68. The van der Waals surface area contributed by atoms with Crippen LogP contribution in [0.4, 0.5) is 0 Å². The topological polar surface area (TPSA) is 78.4 Å². The van der Waals surface area contributed by atoms with Gasteiger partial charge < -0.3 is 10.4 Å². The number of aliphatic hydroxyl groups is 1. The van der Waals surface area contributed by atoms with Crippen LogP contribution in [0.1, 0.15) is 66.7 Å². The highest BCUT2D eigenvalue weighted by atomic mass is 16.3. The van der Waals surface area contributed by atoms with Gasteiger partial charge in [0.05, 0.1) is 30.1 Å². The highest BCUT2D eigenvalue weighted by molar-refractivity contribution is 5.75. The molecule has 2 aromatic heterocycles. The van der Waals surface area contributed by atoms with E-state index in [1.54, 1.807) is 0 Å². The van der Waals surface area contributed by atoms with Gasteiger partial charge in [-0.2, -0.15) is 0 Å². The van der Waals surface area contributed by atoms with Crippen LogP contribution in [0.25, 0.3) is 0 Å². The Bertz CT molecular complexity index is 757. The Labute approximate surface area is 173 Å². The van der Waals surface area contributed by atoms with E-state index in [2.05, 4.69) is 36.2 Å². The first kappa shape index (κ1) is 21.4. The molecule has 0 bridgehead atoms. The molecule has 1 aliphatic rings. The van der Waals surface area contributed by atoms with E-state index in [9.17, 15) is 4.79 Å². The van der Waals surface area contributed by atoms with Crippen molar-refractivity contribution in [2.45, 2.75) is 58.0 Å². The molecule has 156 valence electrons. The van der Waals surface area contributed by atoms with Crippen molar-refractivity contribution < 1.29 is 9.90 Å². The van der Waals surface area contributed by atoms with Gasteiger partial charge in [-0.3, -0.25) is 19.7 Å². The van der Waals surface area contributed by atoms with Crippen molar-refractivity contribution in [3.05, 3.63) is 59.2 Å². The summed E-state index contributed by atoms with van der Waals surface area (Å²) in [7, 11) is 0. The van der Waals surface area contributed by atoms with Crippen molar-refractivity contribution in [3.8, 4) is 0 Å². The van der Waals surface area contributed by atoms with Gasteiger partial charge in [0.1, 0.15) is 0 Å². The summed E-state index contributed by atoms with van der Waals surface area (Å²) in [5, 5.41) is 11.6. The molecule has 1 fully saturated rings. The Balaban J connectivity index is 1.82. The fourth-order valence-electron chi connectivity index (χ4n) is 4.35. The van der Waals surface area contributed by atoms with E-state index in [0.717, 1.165) is 43.6 Å². The van der Waals surface area contributed by atoms with Crippen molar-refractivity contribution in [2.24, 2.45) is 0 Å². The molecule has 2 N–H and O–H groups in total. The maximum atomic E-state index is 12.0. The summed E-state index contributed by atoms with van der Waals surface area (Å²) in [6.07, 6.45) is 8.24. The van der Waals surface area contributed by atoms with Crippen LogP contribution < -0.4 is 5.32 Å². The molecule has 0 saturated carbocycles. The lowest BCUT2D eigenvalue weighted by Gasteiger charge is -2.42. The molecular formula is C23H32N4O2. The summed E-state index contributed by atoms with van der Waals surface area (Å²) >= 11 is 0. The van der Waals surface area contributed by atoms with Crippen LogP contribution in [0.15, 0.2) is 36.7 Å². The highest BCUT2D eigenvalue weighted by Gasteiger charge is 2.34. The van der Waals surface area contributed by atoms with Crippen LogP contribution in [0.3, 0.4) is 0 Å². The normalized spacial score (nSPS) is 19.8. The van der Waals surface area contributed by atoms with E-state index < -0.39 is 0 Å². The smallest absolute Gasteiger partial charge is 0.220 e. The van der Waals surface area contributed by atoms with Crippen molar-refractivity contribution in [3.63, 3.8) is 0 Å². The van der Waals surface area contributed by atoms with Crippen LogP contribution in [0.5, 0.6) is 0 Å². The van der Waals surface area contributed by atoms with E-state index in [-0.39, 0.29) is 24.6 Å². The first-order valence-electron chi connectivity index (χ1n) is 10.6. The van der Waals surface area contributed by atoms with Crippen LogP contribution in [0.2, 0.25) is 0 Å². The number of aliphatic hydroxyl groups excluding tert-OH is 1. The van der Waals surface area contributed by atoms with Gasteiger partial charge >= 0.3 is 0 Å². The molecular weight excluding hydrogens is 364 g/mol. The lowest BCUT2D eigenvalue weighted by molar-refractivity contribution is -0.121. The zero-order valence-corrected chi connectivity index (χ0v) is 17.5. The second-order valence-corrected chi connectivity index (χ2v) is 7.79. The number of aromatic nitrogens is 2. The van der Waals surface area contributed by atoms with E-state index in [1.165, 1.54) is 11.1 Å². The SMILES string of the molecule is Cc1cccnc1[C@H]1CCC[C@@H](c2ncccc2C)N1CCCC(=O)NCCO. The van der Waals surface area contributed by atoms with Gasteiger partial charge in [0, 0.05) is 25.4 Å². The van der Waals surface area contributed by atoms with Gasteiger partial charge in [0.15, 0.2) is 0 Å². The molecule has 3 rings (SSSR count). The summed E-state index contributed by atoms with van der Waals surface area (Å²) in [5.41, 5.74) is 4.69. The Morgan fingerprint density at radius 1 is 1.10 bits per heavy atom. The van der Waals surface area contributed by atoms with Gasteiger partial charge in [-0.25, -0.2) is 0 Å². The Hall–Kier alpha value is -2.31. The van der Waals surface area contributed by atoms with Gasteiger partial charge in [-0.05, 0) is 69.3 Å². The second kappa shape index (κ2) is 10.5. The predicted octanol–water partition coefficient (Wildman–Crippen LogP) is 3.25. The lowest BCUT2D eigenvalue weighted by Crippen LogP contribution is -2.39. The van der Waals surface area contributed by atoms with Crippen molar-refractivity contribution in [2.75, 3.05) is 19.7 Å². The second-order valence-electron chi connectivity index (χ2n) is 7.79. The molecule has 3 heterocycles. The van der Waals surface area contributed by atoms with Gasteiger partial charge in [-0.1, -0.05) is 12.1 Å². The quantitative estimate of drug-likeness (QED) is 0.716. The molecule has 6 heteroatoms. The van der Waals surface area contributed by atoms with E-state index in [0.29, 0.717) is 13.0 Å². The van der Waals surface area contributed by atoms with Crippen molar-refractivity contribution in [1.82, 2.24) is 20.2 Å². The molecule has 0 unspecified atom stereocenters. The predicted molar refractivity (Wildman–Crippen MR) is 113 cm³/mol. The molecule has 1 amide bonds.